The van der Waals surface area contributed by atoms with Crippen molar-refractivity contribution in [2.24, 2.45) is 0 Å². The van der Waals surface area contributed by atoms with Gasteiger partial charge in [0.05, 0.1) is 9.85 Å². The van der Waals surface area contributed by atoms with E-state index in [1.807, 2.05) is 0 Å². The highest BCUT2D eigenvalue weighted by molar-refractivity contribution is 5.83. The van der Waals surface area contributed by atoms with Crippen molar-refractivity contribution >= 4 is 33.3 Å². The zero-order valence-corrected chi connectivity index (χ0v) is 16.1. The van der Waals surface area contributed by atoms with Crippen LogP contribution in [0.4, 0.5) is 11.4 Å². The molecule has 0 unspecified atom stereocenters. The Hall–Kier alpha value is -5.20. The van der Waals surface area contributed by atoms with Crippen LogP contribution in [0.2, 0.25) is 0 Å². The third kappa shape index (κ3) is 3.38. The van der Waals surface area contributed by atoms with E-state index >= 15 is 0 Å². The predicted molar refractivity (Wildman–Crippen MR) is 111 cm³/mol. The number of fused-ring (bicyclic) bond motifs is 2. The van der Waals surface area contributed by atoms with Crippen LogP contribution in [0.25, 0.3) is 44.8 Å². The van der Waals surface area contributed by atoms with E-state index in [9.17, 15) is 29.8 Å². The number of hydrogen-bond donors (Lipinski definition) is 0. The van der Waals surface area contributed by atoms with E-state index in [-0.39, 0.29) is 56.2 Å². The summed E-state index contributed by atoms with van der Waals surface area (Å²) in [6, 6.07) is 9.97. The number of hydrogen-bond acceptors (Lipinski definition) is 11. The van der Waals surface area contributed by atoms with Gasteiger partial charge in [0.2, 0.25) is 0 Å². The van der Waals surface area contributed by atoms with Gasteiger partial charge in [0.25, 0.3) is 23.2 Å². The van der Waals surface area contributed by atoms with Crippen molar-refractivity contribution in [3.05, 3.63) is 89.6 Å². The van der Waals surface area contributed by atoms with E-state index in [1.165, 1.54) is 48.5 Å². The quantitative estimate of drug-likeness (QED) is 0.223. The first-order valence-corrected chi connectivity index (χ1v) is 9.09. The van der Waals surface area contributed by atoms with Crippen LogP contribution in [0.15, 0.2) is 71.4 Å². The van der Waals surface area contributed by atoms with E-state index in [2.05, 4.69) is 10.2 Å². The van der Waals surface area contributed by atoms with E-state index in [0.717, 1.165) is 0 Å². The highest BCUT2D eigenvalue weighted by atomic mass is 16.6. The molecular weight excluding hydrogens is 440 g/mol. The Morgan fingerprint density at radius 1 is 0.636 bits per heavy atom. The van der Waals surface area contributed by atoms with Crippen molar-refractivity contribution in [2.75, 3.05) is 0 Å². The molecule has 33 heavy (non-hydrogen) atoms. The van der Waals surface area contributed by atoms with Crippen LogP contribution in [-0.2, 0) is 0 Å². The molecule has 0 aliphatic heterocycles. The number of nitro benzene ring substituents is 2. The van der Waals surface area contributed by atoms with Crippen LogP contribution in [-0.4, -0.2) is 20.0 Å². The Balaban J connectivity index is 1.62. The lowest BCUT2D eigenvalue weighted by atomic mass is 10.1. The van der Waals surface area contributed by atoms with Gasteiger partial charge in [-0.05, 0) is 24.3 Å². The second-order valence-corrected chi connectivity index (χ2v) is 6.77. The maximum Gasteiger partial charge on any atom is 0.349 e. The van der Waals surface area contributed by atoms with Crippen molar-refractivity contribution in [1.82, 2.24) is 10.2 Å². The van der Waals surface area contributed by atoms with E-state index in [1.54, 1.807) is 0 Å². The molecule has 0 radical (unpaired) electrons. The Bertz CT molecular complexity index is 1610. The van der Waals surface area contributed by atoms with Crippen molar-refractivity contribution in [2.45, 2.75) is 0 Å². The van der Waals surface area contributed by atoms with Gasteiger partial charge in [0.15, 0.2) is 0 Å². The highest BCUT2D eigenvalue weighted by Gasteiger charge is 2.20. The Labute approximate surface area is 179 Å². The van der Waals surface area contributed by atoms with Crippen LogP contribution in [0, 0.1) is 20.2 Å². The molecule has 5 rings (SSSR count). The number of non-ortho nitro benzene ring substituents is 2. The van der Waals surface area contributed by atoms with Crippen LogP contribution >= 0.6 is 0 Å². The first-order chi connectivity index (χ1) is 15.8. The number of aromatic nitrogens is 2. The molecular formula is C20H8N4O9. The second-order valence-electron chi connectivity index (χ2n) is 6.77. The molecule has 3 aromatic heterocycles. The third-order valence-electron chi connectivity index (χ3n) is 4.74. The fraction of sp³-hybridized carbons (Fsp3) is 0. The summed E-state index contributed by atoms with van der Waals surface area (Å²) in [6.07, 6.45) is 0. The van der Waals surface area contributed by atoms with E-state index < -0.39 is 21.1 Å². The molecule has 3 heterocycles. The van der Waals surface area contributed by atoms with Gasteiger partial charge >= 0.3 is 11.3 Å². The number of benzene rings is 2. The Morgan fingerprint density at radius 2 is 1.06 bits per heavy atom. The monoisotopic (exact) mass is 448 g/mol. The lowest BCUT2D eigenvalue weighted by Gasteiger charge is -2.00. The molecule has 0 atom stereocenters. The summed E-state index contributed by atoms with van der Waals surface area (Å²) in [6.45, 7) is 0. The van der Waals surface area contributed by atoms with Gasteiger partial charge in [-0.3, -0.25) is 20.2 Å². The van der Waals surface area contributed by atoms with Gasteiger partial charge in [-0.15, -0.1) is 10.2 Å². The normalized spacial score (nSPS) is 11.2. The highest BCUT2D eigenvalue weighted by Crippen LogP contribution is 2.27. The minimum atomic E-state index is -0.840. The molecule has 0 saturated carbocycles. The minimum absolute atomic E-state index is 0.117. The maximum atomic E-state index is 12.4. The summed E-state index contributed by atoms with van der Waals surface area (Å²) in [5.74, 6) is -0.601. The Kier molecular flexibility index (Phi) is 4.30. The number of nitro groups is 2. The van der Waals surface area contributed by atoms with E-state index in [4.69, 9.17) is 13.3 Å². The van der Waals surface area contributed by atoms with Crippen molar-refractivity contribution in [3.8, 4) is 22.9 Å². The molecule has 13 nitrogen and oxygen atoms in total. The van der Waals surface area contributed by atoms with E-state index in [0.29, 0.717) is 0 Å². The molecule has 0 aliphatic rings. The summed E-state index contributed by atoms with van der Waals surface area (Å²) in [5.41, 5.74) is -2.23. The summed E-state index contributed by atoms with van der Waals surface area (Å²) in [7, 11) is 0. The average Bonchev–Trinajstić information content (AvgIpc) is 3.27. The fourth-order valence-electron chi connectivity index (χ4n) is 3.19. The topological polar surface area (TPSA) is 186 Å². The number of rotatable bonds is 4. The SMILES string of the molecule is O=c1oc2ccc([N+](=O)[O-])cc2cc1-c1nnc(-c2cc3cc([N+](=O)[O-])ccc3oc2=O)o1. The third-order valence-corrected chi connectivity index (χ3v) is 4.74. The Morgan fingerprint density at radius 3 is 1.45 bits per heavy atom. The second kappa shape index (κ2) is 7.19. The molecule has 0 amide bonds. The van der Waals surface area contributed by atoms with Crippen molar-refractivity contribution in [3.63, 3.8) is 0 Å². The molecule has 162 valence electrons. The molecule has 0 spiro atoms. The van der Waals surface area contributed by atoms with Gasteiger partial charge in [-0.1, -0.05) is 0 Å². The number of nitrogens with zero attached hydrogens (tertiary/aromatic N) is 4. The first-order valence-electron chi connectivity index (χ1n) is 9.09. The average molecular weight is 448 g/mol. The molecule has 0 N–H and O–H groups in total. The predicted octanol–water partition coefficient (Wildman–Crippen LogP) is 3.43. The molecule has 13 heteroatoms. The van der Waals surface area contributed by atoms with Crippen molar-refractivity contribution < 1.29 is 23.1 Å². The fourth-order valence-corrected chi connectivity index (χ4v) is 3.19. The van der Waals surface area contributed by atoms with Crippen LogP contribution in [0.5, 0.6) is 0 Å². The summed E-state index contributed by atoms with van der Waals surface area (Å²) in [5, 5.41) is 30.0. The molecule has 0 saturated heterocycles. The molecule has 0 bridgehead atoms. The van der Waals surface area contributed by atoms with Gasteiger partial charge in [-0.2, -0.15) is 0 Å². The summed E-state index contributed by atoms with van der Waals surface area (Å²) in [4.78, 5) is 45.6. The maximum absolute atomic E-state index is 12.4. The summed E-state index contributed by atoms with van der Waals surface area (Å²) < 4.78 is 15.8. The van der Waals surface area contributed by atoms with Crippen molar-refractivity contribution in [1.29, 1.82) is 0 Å². The van der Waals surface area contributed by atoms with Crippen LogP contribution in [0.3, 0.4) is 0 Å². The van der Waals surface area contributed by atoms with Gasteiger partial charge in [0, 0.05) is 35.0 Å². The molecule has 0 aliphatic carbocycles. The molecule has 0 fully saturated rings. The zero-order valence-electron chi connectivity index (χ0n) is 16.1. The van der Waals surface area contributed by atoms with Gasteiger partial charge in [-0.25, -0.2) is 9.59 Å². The molecule has 5 aromatic rings. The lowest BCUT2D eigenvalue weighted by Crippen LogP contribution is -2.03. The standard InChI is InChI=1S/C20H8N4O9/c25-19-13(7-9-5-11(23(27)28)1-3-15(9)31-19)17-21-22-18(33-17)14-8-10-6-12(24(29)30)2-4-16(10)32-20(14)26/h1-8H. The van der Waals surface area contributed by atoms with Gasteiger partial charge < -0.3 is 13.3 Å². The summed E-state index contributed by atoms with van der Waals surface area (Å²) >= 11 is 0. The van der Waals surface area contributed by atoms with Crippen LogP contribution in [0.1, 0.15) is 0 Å². The molecule has 2 aromatic carbocycles. The smallest absolute Gasteiger partial charge is 0.349 e. The van der Waals surface area contributed by atoms with Crippen LogP contribution < -0.4 is 11.3 Å². The minimum Gasteiger partial charge on any atom is -0.422 e. The lowest BCUT2D eigenvalue weighted by molar-refractivity contribution is -0.384. The zero-order chi connectivity index (χ0) is 23.3. The van der Waals surface area contributed by atoms with Gasteiger partial charge in [0.1, 0.15) is 22.3 Å². The first kappa shape index (κ1) is 19.7. The largest absolute Gasteiger partial charge is 0.422 e.